The van der Waals surface area contributed by atoms with Crippen molar-refractivity contribution in [2.75, 3.05) is 25.0 Å². The highest BCUT2D eigenvalue weighted by atomic mass is 16.3. The lowest BCUT2D eigenvalue weighted by Gasteiger charge is -2.33. The minimum atomic E-state index is -0.595. The van der Waals surface area contributed by atoms with Crippen LogP contribution in [0.3, 0.4) is 0 Å². The lowest BCUT2D eigenvalue weighted by atomic mass is 9.94. The second kappa shape index (κ2) is 4.85. The zero-order valence-corrected chi connectivity index (χ0v) is 9.79. The molecule has 0 bridgehead atoms. The molecule has 16 heavy (non-hydrogen) atoms. The molecule has 0 amide bonds. The largest absolute Gasteiger partial charge is 0.387 e. The molecule has 3 heteroatoms. The van der Waals surface area contributed by atoms with Gasteiger partial charge in [-0.1, -0.05) is 12.1 Å². The summed E-state index contributed by atoms with van der Waals surface area (Å²) in [5.74, 6) is 0. The van der Waals surface area contributed by atoms with E-state index in [1.165, 1.54) is 5.56 Å². The summed E-state index contributed by atoms with van der Waals surface area (Å²) in [6, 6.07) is 8.23. The molecule has 1 aliphatic heterocycles. The summed E-state index contributed by atoms with van der Waals surface area (Å²) in [6.07, 6.45) is 1.92. The minimum Gasteiger partial charge on any atom is -0.387 e. The summed E-state index contributed by atoms with van der Waals surface area (Å²) in [6.45, 7) is 4.39. The average Bonchev–Trinajstić information content (AvgIpc) is 2.28. The highest BCUT2D eigenvalue weighted by Gasteiger charge is 2.28. The van der Waals surface area contributed by atoms with Crippen molar-refractivity contribution >= 4 is 5.69 Å². The van der Waals surface area contributed by atoms with Crippen LogP contribution in [0.15, 0.2) is 24.3 Å². The van der Waals surface area contributed by atoms with Crippen molar-refractivity contribution in [3.8, 4) is 0 Å². The van der Waals surface area contributed by atoms with Gasteiger partial charge in [-0.05, 0) is 44.0 Å². The Bertz CT molecular complexity index is 346. The van der Waals surface area contributed by atoms with Crippen LogP contribution in [0, 0.1) is 6.92 Å². The number of hydrogen-bond acceptors (Lipinski definition) is 3. The smallest absolute Gasteiger partial charge is 0.0943 e. The van der Waals surface area contributed by atoms with Gasteiger partial charge in [-0.15, -0.1) is 0 Å². The number of β-amino-alcohol motifs (C(OH)–C–C–N with tert-alkyl or cyclic N) is 1. The molecule has 88 valence electrons. The van der Waals surface area contributed by atoms with E-state index >= 15 is 0 Å². The quantitative estimate of drug-likeness (QED) is 0.723. The molecule has 1 aromatic rings. The van der Waals surface area contributed by atoms with Crippen molar-refractivity contribution in [3.05, 3.63) is 29.8 Å². The van der Waals surface area contributed by atoms with E-state index in [0.29, 0.717) is 13.1 Å². The topological polar surface area (TPSA) is 44.3 Å². The van der Waals surface area contributed by atoms with Crippen LogP contribution in [-0.2, 0) is 0 Å². The highest BCUT2D eigenvalue weighted by molar-refractivity contribution is 5.45. The molecule has 1 fully saturated rings. The van der Waals surface area contributed by atoms with Gasteiger partial charge in [0.2, 0.25) is 0 Å². The Morgan fingerprint density at radius 1 is 1.50 bits per heavy atom. The summed E-state index contributed by atoms with van der Waals surface area (Å²) in [5.41, 5.74) is 1.72. The maximum Gasteiger partial charge on any atom is 0.0943 e. The Balaban J connectivity index is 1.91. The van der Waals surface area contributed by atoms with Crippen LogP contribution in [-0.4, -0.2) is 30.3 Å². The first kappa shape index (κ1) is 11.4. The molecule has 1 saturated heterocycles. The van der Waals surface area contributed by atoms with E-state index in [1.54, 1.807) is 0 Å². The summed E-state index contributed by atoms with van der Waals surface area (Å²) in [7, 11) is 0. The molecule has 0 aliphatic carbocycles. The number of rotatable bonds is 3. The average molecular weight is 220 g/mol. The number of piperidine rings is 1. The third-order valence-electron chi connectivity index (χ3n) is 3.09. The minimum absolute atomic E-state index is 0.595. The van der Waals surface area contributed by atoms with Crippen LogP contribution >= 0.6 is 0 Å². The van der Waals surface area contributed by atoms with Gasteiger partial charge in [0.25, 0.3) is 0 Å². The van der Waals surface area contributed by atoms with Crippen LogP contribution in [0.25, 0.3) is 0 Å². The number of anilines is 1. The molecule has 0 spiro atoms. The van der Waals surface area contributed by atoms with Gasteiger partial charge < -0.3 is 15.7 Å². The van der Waals surface area contributed by atoms with E-state index in [-0.39, 0.29) is 0 Å². The molecule has 0 radical (unpaired) electrons. The van der Waals surface area contributed by atoms with E-state index in [2.05, 4.69) is 29.7 Å². The first-order valence-corrected chi connectivity index (χ1v) is 5.92. The monoisotopic (exact) mass is 220 g/mol. The van der Waals surface area contributed by atoms with Crippen LogP contribution in [0.1, 0.15) is 18.4 Å². The Hall–Kier alpha value is -1.06. The van der Waals surface area contributed by atoms with Crippen LogP contribution in [0.4, 0.5) is 5.69 Å². The van der Waals surface area contributed by atoms with E-state index in [0.717, 1.165) is 25.1 Å². The molecule has 1 aliphatic rings. The fourth-order valence-corrected chi connectivity index (χ4v) is 2.12. The summed E-state index contributed by atoms with van der Waals surface area (Å²) in [4.78, 5) is 0. The molecular formula is C13H20N2O. The molecule has 0 saturated carbocycles. The maximum atomic E-state index is 10.3. The first-order valence-electron chi connectivity index (χ1n) is 5.92. The van der Waals surface area contributed by atoms with Gasteiger partial charge in [0, 0.05) is 18.8 Å². The number of aliphatic hydroxyl groups is 1. The zero-order valence-electron chi connectivity index (χ0n) is 9.79. The second-order valence-electron chi connectivity index (χ2n) is 4.73. The first-order chi connectivity index (χ1) is 7.68. The van der Waals surface area contributed by atoms with Gasteiger partial charge in [-0.2, -0.15) is 0 Å². The van der Waals surface area contributed by atoms with Gasteiger partial charge in [-0.3, -0.25) is 0 Å². The maximum absolute atomic E-state index is 10.3. The number of aryl methyl sites for hydroxylation is 1. The molecule has 0 aromatic heterocycles. The molecule has 1 heterocycles. The predicted octanol–water partition coefficient (Wildman–Crippen LogP) is 1.52. The Kier molecular flexibility index (Phi) is 3.46. The van der Waals surface area contributed by atoms with Crippen molar-refractivity contribution in [1.29, 1.82) is 0 Å². The summed E-state index contributed by atoms with van der Waals surface area (Å²) < 4.78 is 0. The van der Waals surface area contributed by atoms with E-state index in [4.69, 9.17) is 0 Å². The van der Waals surface area contributed by atoms with Crippen LogP contribution < -0.4 is 10.6 Å². The molecule has 1 unspecified atom stereocenters. The fourth-order valence-electron chi connectivity index (χ4n) is 2.12. The molecular weight excluding hydrogens is 200 g/mol. The standard InChI is InChI=1S/C13H20N2O/c1-11-4-2-5-12(8-11)15-10-13(16)6-3-7-14-9-13/h2,4-5,8,14-16H,3,6-7,9-10H2,1H3. The third-order valence-corrected chi connectivity index (χ3v) is 3.09. The number of nitrogens with one attached hydrogen (secondary N) is 2. The SMILES string of the molecule is Cc1cccc(NCC2(O)CCCNC2)c1. The number of benzene rings is 1. The van der Waals surface area contributed by atoms with Crippen molar-refractivity contribution in [3.63, 3.8) is 0 Å². The summed E-state index contributed by atoms with van der Waals surface area (Å²) >= 11 is 0. The van der Waals surface area contributed by atoms with Crippen molar-refractivity contribution in [2.45, 2.75) is 25.4 Å². The van der Waals surface area contributed by atoms with Crippen molar-refractivity contribution < 1.29 is 5.11 Å². The Morgan fingerprint density at radius 2 is 2.38 bits per heavy atom. The van der Waals surface area contributed by atoms with Crippen molar-refractivity contribution in [2.24, 2.45) is 0 Å². The summed E-state index contributed by atoms with van der Waals surface area (Å²) in [5, 5.41) is 16.8. The van der Waals surface area contributed by atoms with Gasteiger partial charge in [0.15, 0.2) is 0 Å². The van der Waals surface area contributed by atoms with Gasteiger partial charge in [-0.25, -0.2) is 0 Å². The van der Waals surface area contributed by atoms with Crippen LogP contribution in [0.2, 0.25) is 0 Å². The van der Waals surface area contributed by atoms with Gasteiger partial charge in [0.1, 0.15) is 0 Å². The predicted molar refractivity (Wildman–Crippen MR) is 66.7 cm³/mol. The van der Waals surface area contributed by atoms with Crippen LogP contribution in [0.5, 0.6) is 0 Å². The fraction of sp³-hybridized carbons (Fsp3) is 0.538. The van der Waals surface area contributed by atoms with E-state index in [1.807, 2.05) is 12.1 Å². The molecule has 2 rings (SSSR count). The Labute approximate surface area is 96.9 Å². The third kappa shape index (κ3) is 2.97. The normalized spacial score (nSPS) is 25.4. The Morgan fingerprint density at radius 3 is 3.06 bits per heavy atom. The number of hydrogen-bond donors (Lipinski definition) is 3. The van der Waals surface area contributed by atoms with E-state index < -0.39 is 5.60 Å². The second-order valence-corrected chi connectivity index (χ2v) is 4.73. The van der Waals surface area contributed by atoms with Crippen molar-refractivity contribution in [1.82, 2.24) is 5.32 Å². The molecule has 3 N–H and O–H groups in total. The van der Waals surface area contributed by atoms with Gasteiger partial charge >= 0.3 is 0 Å². The molecule has 1 atom stereocenters. The highest BCUT2D eigenvalue weighted by Crippen LogP contribution is 2.17. The van der Waals surface area contributed by atoms with Gasteiger partial charge in [0.05, 0.1) is 5.60 Å². The molecule has 1 aromatic carbocycles. The molecule has 3 nitrogen and oxygen atoms in total. The lowest BCUT2D eigenvalue weighted by Crippen LogP contribution is -2.50. The lowest BCUT2D eigenvalue weighted by molar-refractivity contribution is 0.0292. The zero-order chi connectivity index (χ0) is 11.4. The van der Waals surface area contributed by atoms with E-state index in [9.17, 15) is 5.11 Å².